The monoisotopic (exact) mass is 178 g/mol. The quantitative estimate of drug-likeness (QED) is 0.318. The van der Waals surface area contributed by atoms with E-state index in [0.717, 1.165) is 0 Å². The first-order valence-electron chi connectivity index (χ1n) is 3.43. The largest absolute Gasteiger partial charge is 0.455 e. The van der Waals surface area contributed by atoms with Gasteiger partial charge in [-0.1, -0.05) is 0 Å². The van der Waals surface area contributed by atoms with E-state index >= 15 is 0 Å². The third-order valence-corrected chi connectivity index (χ3v) is 1.74. The van der Waals surface area contributed by atoms with Crippen LogP contribution in [0.3, 0.4) is 0 Å². The average Bonchev–Trinajstić information content (AvgIpc) is 2.08. The van der Waals surface area contributed by atoms with Gasteiger partial charge in [0, 0.05) is 0 Å². The van der Waals surface area contributed by atoms with Gasteiger partial charge in [0.15, 0.2) is 12.2 Å². The fourth-order valence-electron chi connectivity index (χ4n) is 0.980. The van der Waals surface area contributed by atoms with Gasteiger partial charge >= 0.3 is 5.97 Å². The molecule has 0 bridgehead atoms. The number of hydrogen-bond acceptors (Lipinski definition) is 6. The van der Waals surface area contributed by atoms with E-state index in [0.29, 0.717) is 0 Å². The topological polar surface area (TPSA) is 107 Å². The van der Waals surface area contributed by atoms with E-state index in [1.807, 2.05) is 0 Å². The second kappa shape index (κ2) is 3.36. The van der Waals surface area contributed by atoms with Crippen LogP contribution < -0.4 is 0 Å². The molecule has 1 rings (SSSR count). The van der Waals surface area contributed by atoms with Gasteiger partial charge in [0.2, 0.25) is 0 Å². The molecule has 70 valence electrons. The SMILES string of the molecule is O=C1OC(CO)[C@@H](O)[C@H](O)[C@H]1O. The fraction of sp³-hybridized carbons (Fsp3) is 0.833. The summed E-state index contributed by atoms with van der Waals surface area (Å²) >= 11 is 0. The molecule has 0 aromatic carbocycles. The molecule has 0 spiro atoms. The lowest BCUT2D eigenvalue weighted by atomic mass is 10.0. The summed E-state index contributed by atoms with van der Waals surface area (Å²) in [5.74, 6) is -1.04. The van der Waals surface area contributed by atoms with Crippen LogP contribution in [0, 0.1) is 0 Å². The average molecular weight is 178 g/mol. The Bertz CT molecular complexity index is 179. The lowest BCUT2D eigenvalue weighted by Gasteiger charge is -2.32. The molecule has 6 heteroatoms. The molecule has 1 unspecified atom stereocenters. The predicted molar refractivity (Wildman–Crippen MR) is 35.0 cm³/mol. The minimum atomic E-state index is -1.73. The summed E-state index contributed by atoms with van der Waals surface area (Å²) in [6.07, 6.45) is -5.93. The summed E-state index contributed by atoms with van der Waals surface area (Å²) in [7, 11) is 0. The van der Waals surface area contributed by atoms with Crippen molar-refractivity contribution in [3.63, 3.8) is 0 Å². The molecule has 0 aromatic heterocycles. The minimum absolute atomic E-state index is 0.587. The van der Waals surface area contributed by atoms with Crippen molar-refractivity contribution in [3.8, 4) is 0 Å². The number of carbonyl (C=O) groups excluding carboxylic acids is 1. The second-order valence-electron chi connectivity index (χ2n) is 2.58. The van der Waals surface area contributed by atoms with Crippen molar-refractivity contribution in [2.45, 2.75) is 24.4 Å². The molecular weight excluding hydrogens is 168 g/mol. The number of aliphatic hydroxyl groups is 4. The first kappa shape index (κ1) is 9.40. The van der Waals surface area contributed by atoms with Gasteiger partial charge in [-0.15, -0.1) is 0 Å². The highest BCUT2D eigenvalue weighted by Crippen LogP contribution is 2.15. The van der Waals surface area contributed by atoms with Gasteiger partial charge in [0.1, 0.15) is 12.2 Å². The Hall–Kier alpha value is -0.690. The van der Waals surface area contributed by atoms with Gasteiger partial charge in [-0.3, -0.25) is 0 Å². The van der Waals surface area contributed by atoms with E-state index in [1.165, 1.54) is 0 Å². The molecule has 1 fully saturated rings. The second-order valence-corrected chi connectivity index (χ2v) is 2.58. The minimum Gasteiger partial charge on any atom is -0.455 e. The van der Waals surface area contributed by atoms with Crippen molar-refractivity contribution in [2.75, 3.05) is 6.61 Å². The molecule has 1 aliphatic heterocycles. The number of ether oxygens (including phenoxy) is 1. The highest BCUT2D eigenvalue weighted by Gasteiger charge is 2.43. The van der Waals surface area contributed by atoms with Crippen LogP contribution in [0.5, 0.6) is 0 Å². The number of esters is 1. The zero-order valence-corrected chi connectivity index (χ0v) is 6.12. The molecule has 12 heavy (non-hydrogen) atoms. The number of rotatable bonds is 1. The smallest absolute Gasteiger partial charge is 0.338 e. The van der Waals surface area contributed by atoms with Crippen LogP contribution in [0.4, 0.5) is 0 Å². The molecule has 0 amide bonds. The van der Waals surface area contributed by atoms with E-state index in [1.54, 1.807) is 0 Å². The third kappa shape index (κ3) is 1.42. The Morgan fingerprint density at radius 1 is 1.25 bits per heavy atom. The summed E-state index contributed by atoms with van der Waals surface area (Å²) in [5.41, 5.74) is 0. The summed E-state index contributed by atoms with van der Waals surface area (Å²) in [5, 5.41) is 35.5. The highest BCUT2D eigenvalue weighted by molar-refractivity contribution is 5.76. The molecule has 4 atom stereocenters. The Balaban J connectivity index is 2.70. The lowest BCUT2D eigenvalue weighted by molar-refractivity contribution is -0.206. The van der Waals surface area contributed by atoms with Gasteiger partial charge in [-0.2, -0.15) is 0 Å². The number of hydrogen-bond donors (Lipinski definition) is 4. The molecule has 4 N–H and O–H groups in total. The lowest BCUT2D eigenvalue weighted by Crippen LogP contribution is -2.56. The molecule has 0 aromatic rings. The molecule has 0 aliphatic carbocycles. The molecule has 1 aliphatic rings. The summed E-state index contributed by atoms with van der Waals surface area (Å²) < 4.78 is 4.38. The Morgan fingerprint density at radius 3 is 2.33 bits per heavy atom. The molecule has 6 nitrogen and oxygen atoms in total. The first-order chi connectivity index (χ1) is 5.57. The van der Waals surface area contributed by atoms with Crippen molar-refractivity contribution in [1.29, 1.82) is 0 Å². The van der Waals surface area contributed by atoms with Gasteiger partial charge in [0.25, 0.3) is 0 Å². The maximum Gasteiger partial charge on any atom is 0.338 e. The van der Waals surface area contributed by atoms with Crippen LogP contribution in [0.15, 0.2) is 0 Å². The van der Waals surface area contributed by atoms with Gasteiger partial charge in [-0.25, -0.2) is 4.79 Å². The fourth-order valence-corrected chi connectivity index (χ4v) is 0.980. The van der Waals surface area contributed by atoms with E-state index < -0.39 is 37.0 Å². The molecule has 1 saturated heterocycles. The third-order valence-electron chi connectivity index (χ3n) is 1.74. The molecule has 0 radical (unpaired) electrons. The standard InChI is InChI=1S/C6H10O6/c7-1-2-3(8)4(9)5(10)6(11)12-2/h2-5,7-10H,1H2/t2?,3-,4+,5-/m1/s1. The molecule has 1 heterocycles. The van der Waals surface area contributed by atoms with E-state index in [-0.39, 0.29) is 0 Å². The number of cyclic esters (lactones) is 1. The summed E-state index contributed by atoms with van der Waals surface area (Å²) in [6.45, 7) is -0.587. The Labute approximate surface area is 68.0 Å². The molecular formula is C6H10O6. The van der Waals surface area contributed by atoms with Gasteiger partial charge in [0.05, 0.1) is 6.61 Å². The van der Waals surface area contributed by atoms with Crippen molar-refractivity contribution in [1.82, 2.24) is 0 Å². The van der Waals surface area contributed by atoms with Crippen LogP contribution in [-0.4, -0.2) is 57.4 Å². The van der Waals surface area contributed by atoms with Crippen LogP contribution in [0.1, 0.15) is 0 Å². The van der Waals surface area contributed by atoms with Crippen LogP contribution >= 0.6 is 0 Å². The van der Waals surface area contributed by atoms with E-state index in [9.17, 15) is 4.79 Å². The zero-order valence-electron chi connectivity index (χ0n) is 6.12. The van der Waals surface area contributed by atoms with Crippen molar-refractivity contribution in [3.05, 3.63) is 0 Å². The maximum atomic E-state index is 10.7. The normalized spacial score (nSPS) is 42.5. The van der Waals surface area contributed by atoms with Crippen molar-refractivity contribution >= 4 is 5.97 Å². The predicted octanol–water partition coefficient (Wildman–Crippen LogP) is -3.01. The van der Waals surface area contributed by atoms with E-state index in [2.05, 4.69) is 4.74 Å². The van der Waals surface area contributed by atoms with Crippen molar-refractivity contribution in [2.24, 2.45) is 0 Å². The highest BCUT2D eigenvalue weighted by atomic mass is 16.6. The number of aliphatic hydroxyl groups excluding tert-OH is 4. The van der Waals surface area contributed by atoms with Gasteiger partial charge in [-0.05, 0) is 0 Å². The van der Waals surface area contributed by atoms with Crippen molar-refractivity contribution < 1.29 is 30.0 Å². The zero-order chi connectivity index (χ0) is 9.30. The maximum absolute atomic E-state index is 10.7. The van der Waals surface area contributed by atoms with Gasteiger partial charge < -0.3 is 25.2 Å². The Morgan fingerprint density at radius 2 is 1.83 bits per heavy atom. The first-order valence-corrected chi connectivity index (χ1v) is 3.43. The van der Waals surface area contributed by atoms with E-state index in [4.69, 9.17) is 20.4 Å². The van der Waals surface area contributed by atoms with Crippen LogP contribution in [0.25, 0.3) is 0 Å². The summed E-state index contributed by atoms with van der Waals surface area (Å²) in [4.78, 5) is 10.7. The molecule has 0 saturated carbocycles. The summed E-state index contributed by atoms with van der Waals surface area (Å²) in [6, 6.07) is 0. The number of carbonyl (C=O) groups is 1. The van der Waals surface area contributed by atoms with Crippen LogP contribution in [-0.2, 0) is 9.53 Å². The van der Waals surface area contributed by atoms with Crippen LogP contribution in [0.2, 0.25) is 0 Å². The Kier molecular flexibility index (Phi) is 2.63.